The van der Waals surface area contributed by atoms with Gasteiger partial charge in [0, 0.05) is 25.5 Å². The SMILES string of the molecule is CCCNC(C(=O)N(C)CC(=O)NCC(=O)NCCCc1ncccc1CCC)C1CC1.Cc1ccc(O)cc1. The third-order valence-electron chi connectivity index (χ3n) is 6.63. The Morgan fingerprint density at radius 1 is 1.00 bits per heavy atom. The Morgan fingerprint density at radius 2 is 1.73 bits per heavy atom. The van der Waals surface area contributed by atoms with Crippen LogP contribution in [0.15, 0.2) is 42.6 Å². The van der Waals surface area contributed by atoms with Crippen LogP contribution in [0.3, 0.4) is 0 Å². The highest BCUT2D eigenvalue weighted by Gasteiger charge is 2.37. The van der Waals surface area contributed by atoms with E-state index in [-0.39, 0.29) is 36.9 Å². The summed E-state index contributed by atoms with van der Waals surface area (Å²) in [6.45, 7) is 7.36. The van der Waals surface area contributed by atoms with Crippen LogP contribution in [0.1, 0.15) is 62.8 Å². The summed E-state index contributed by atoms with van der Waals surface area (Å²) in [7, 11) is 1.63. The zero-order chi connectivity index (χ0) is 29.3. The van der Waals surface area contributed by atoms with E-state index in [1.165, 1.54) is 16.0 Å². The molecule has 3 rings (SSSR count). The van der Waals surface area contributed by atoms with E-state index >= 15 is 0 Å². The van der Waals surface area contributed by atoms with Crippen molar-refractivity contribution >= 4 is 17.7 Å². The molecule has 1 fully saturated rings. The highest BCUT2D eigenvalue weighted by atomic mass is 16.3. The zero-order valence-corrected chi connectivity index (χ0v) is 24.5. The number of carbonyl (C=O) groups excluding carboxylic acids is 3. The van der Waals surface area contributed by atoms with Gasteiger partial charge in [-0.3, -0.25) is 19.4 Å². The smallest absolute Gasteiger partial charge is 0.240 e. The van der Waals surface area contributed by atoms with Gasteiger partial charge in [-0.15, -0.1) is 0 Å². The monoisotopic (exact) mass is 553 g/mol. The van der Waals surface area contributed by atoms with Crippen LogP contribution in [-0.4, -0.2) is 72.0 Å². The average Bonchev–Trinajstić information content (AvgIpc) is 3.78. The molecule has 220 valence electrons. The van der Waals surface area contributed by atoms with Crippen LogP contribution >= 0.6 is 0 Å². The molecule has 1 heterocycles. The number of aromatic hydroxyl groups is 1. The number of phenolic OH excluding ortho intramolecular Hbond substituents is 1. The first-order chi connectivity index (χ1) is 19.2. The van der Waals surface area contributed by atoms with Gasteiger partial charge in [0.1, 0.15) is 5.75 Å². The van der Waals surface area contributed by atoms with Gasteiger partial charge >= 0.3 is 0 Å². The van der Waals surface area contributed by atoms with E-state index in [1.54, 1.807) is 25.4 Å². The summed E-state index contributed by atoms with van der Waals surface area (Å²) in [5, 5.41) is 17.5. The quantitative estimate of drug-likeness (QED) is 0.251. The third-order valence-corrected chi connectivity index (χ3v) is 6.63. The molecule has 40 heavy (non-hydrogen) atoms. The first-order valence-electron chi connectivity index (χ1n) is 14.4. The minimum absolute atomic E-state index is 0.0526. The van der Waals surface area contributed by atoms with E-state index in [1.807, 2.05) is 25.1 Å². The van der Waals surface area contributed by atoms with Crippen LogP contribution in [0.25, 0.3) is 0 Å². The lowest BCUT2D eigenvalue weighted by Gasteiger charge is -2.24. The Morgan fingerprint density at radius 3 is 2.35 bits per heavy atom. The van der Waals surface area contributed by atoms with Crippen molar-refractivity contribution in [3.8, 4) is 5.75 Å². The zero-order valence-electron chi connectivity index (χ0n) is 24.5. The summed E-state index contributed by atoms with van der Waals surface area (Å²) < 4.78 is 0. The lowest BCUT2D eigenvalue weighted by Crippen LogP contribution is -2.50. The van der Waals surface area contributed by atoms with Crippen molar-refractivity contribution in [2.45, 2.75) is 71.8 Å². The van der Waals surface area contributed by atoms with Crippen LogP contribution in [0.4, 0.5) is 0 Å². The van der Waals surface area contributed by atoms with Crippen molar-refractivity contribution in [3.63, 3.8) is 0 Å². The fraction of sp³-hybridized carbons (Fsp3) is 0.548. The number of carbonyl (C=O) groups is 3. The van der Waals surface area contributed by atoms with E-state index < -0.39 is 0 Å². The Balaban J connectivity index is 0.000000598. The molecular weight excluding hydrogens is 506 g/mol. The number of nitrogens with zero attached hydrogens (tertiary/aromatic N) is 2. The molecular formula is C31H47N5O4. The fourth-order valence-corrected chi connectivity index (χ4v) is 4.23. The molecule has 1 atom stereocenters. The number of aryl methyl sites for hydroxylation is 3. The van der Waals surface area contributed by atoms with Crippen molar-refractivity contribution in [2.75, 3.05) is 33.2 Å². The van der Waals surface area contributed by atoms with Gasteiger partial charge in [-0.05, 0) is 81.7 Å². The third kappa shape index (κ3) is 12.6. The lowest BCUT2D eigenvalue weighted by atomic mass is 10.1. The summed E-state index contributed by atoms with van der Waals surface area (Å²) in [4.78, 5) is 42.8. The second kappa shape index (κ2) is 18.0. The summed E-state index contributed by atoms with van der Waals surface area (Å²) >= 11 is 0. The maximum absolute atomic E-state index is 12.7. The molecule has 0 bridgehead atoms. The van der Waals surface area contributed by atoms with Gasteiger partial charge in [0.25, 0.3) is 0 Å². The molecule has 1 saturated carbocycles. The second-order valence-corrected chi connectivity index (χ2v) is 10.4. The molecule has 1 aromatic heterocycles. The Labute approximate surface area is 239 Å². The minimum Gasteiger partial charge on any atom is -0.508 e. The summed E-state index contributed by atoms with van der Waals surface area (Å²) in [6.07, 6.45) is 8.54. The standard InChI is InChI=1S/C24H39N5O3.C7H8O/c1-4-8-18-9-6-14-25-20(18)10-7-15-26-21(30)16-28-22(31)17-29(3)24(32)23(19-11-12-19)27-13-5-2;1-6-2-4-7(8)5-3-6/h6,9,14,19,23,27H,4-5,7-8,10-13,15-17H2,1-3H3,(H,26,30)(H,28,31);2-5,8H,1H3. The molecule has 0 radical (unpaired) electrons. The van der Waals surface area contributed by atoms with E-state index in [9.17, 15) is 14.4 Å². The van der Waals surface area contributed by atoms with Gasteiger partial charge in [-0.2, -0.15) is 0 Å². The van der Waals surface area contributed by atoms with E-state index in [4.69, 9.17) is 5.11 Å². The van der Waals surface area contributed by atoms with Crippen LogP contribution in [0.5, 0.6) is 5.75 Å². The molecule has 0 aliphatic heterocycles. The fourth-order valence-electron chi connectivity index (χ4n) is 4.23. The maximum Gasteiger partial charge on any atom is 0.240 e. The molecule has 9 heteroatoms. The van der Waals surface area contributed by atoms with Crippen LogP contribution < -0.4 is 16.0 Å². The van der Waals surface area contributed by atoms with Crippen molar-refractivity contribution in [1.29, 1.82) is 0 Å². The van der Waals surface area contributed by atoms with E-state index in [0.29, 0.717) is 18.2 Å². The van der Waals surface area contributed by atoms with Crippen LogP contribution in [0, 0.1) is 12.8 Å². The van der Waals surface area contributed by atoms with Gasteiger partial charge in [0.2, 0.25) is 17.7 Å². The highest BCUT2D eigenvalue weighted by molar-refractivity contribution is 5.89. The number of hydrogen-bond donors (Lipinski definition) is 4. The van der Waals surface area contributed by atoms with E-state index in [2.05, 4.69) is 40.8 Å². The largest absolute Gasteiger partial charge is 0.508 e. The predicted molar refractivity (Wildman–Crippen MR) is 158 cm³/mol. The predicted octanol–water partition coefficient (Wildman–Crippen LogP) is 3.14. The molecule has 3 amide bonds. The van der Waals surface area contributed by atoms with Crippen molar-refractivity contribution < 1.29 is 19.5 Å². The molecule has 1 unspecified atom stereocenters. The molecule has 2 aromatic rings. The molecule has 0 saturated heterocycles. The number of rotatable bonds is 15. The minimum atomic E-state index is -0.335. The van der Waals surface area contributed by atoms with Crippen molar-refractivity contribution in [1.82, 2.24) is 25.8 Å². The van der Waals surface area contributed by atoms with Gasteiger partial charge in [0.05, 0.1) is 19.1 Å². The van der Waals surface area contributed by atoms with Crippen molar-refractivity contribution in [3.05, 3.63) is 59.4 Å². The van der Waals surface area contributed by atoms with Gasteiger partial charge in [-0.1, -0.05) is 44.0 Å². The Kier molecular flexibility index (Phi) is 14.7. The van der Waals surface area contributed by atoms with Crippen LogP contribution in [-0.2, 0) is 27.2 Å². The van der Waals surface area contributed by atoms with Gasteiger partial charge in [0.15, 0.2) is 0 Å². The number of amides is 3. The van der Waals surface area contributed by atoms with E-state index in [0.717, 1.165) is 57.2 Å². The second-order valence-electron chi connectivity index (χ2n) is 10.4. The molecule has 1 aromatic carbocycles. The number of aromatic nitrogens is 1. The van der Waals surface area contributed by atoms with Crippen LogP contribution in [0.2, 0.25) is 0 Å². The number of likely N-dealkylation sites (N-methyl/N-ethyl adjacent to an activating group) is 1. The highest BCUT2D eigenvalue weighted by Crippen LogP contribution is 2.33. The first-order valence-corrected chi connectivity index (χ1v) is 14.4. The summed E-state index contributed by atoms with van der Waals surface area (Å²) in [5.74, 6) is 0.0731. The molecule has 1 aliphatic carbocycles. The maximum atomic E-state index is 12.7. The molecule has 9 nitrogen and oxygen atoms in total. The summed E-state index contributed by atoms with van der Waals surface area (Å²) in [6, 6.07) is 10.9. The first kappa shape index (κ1) is 32.8. The van der Waals surface area contributed by atoms with Gasteiger partial charge < -0.3 is 26.0 Å². The van der Waals surface area contributed by atoms with Gasteiger partial charge in [-0.25, -0.2) is 0 Å². The molecule has 1 aliphatic rings. The number of pyridine rings is 1. The Bertz CT molecular complexity index is 1030. The Hall–Kier alpha value is -3.46. The summed E-state index contributed by atoms with van der Waals surface area (Å²) in [5.41, 5.74) is 3.52. The van der Waals surface area contributed by atoms with Crippen molar-refractivity contribution in [2.24, 2.45) is 5.92 Å². The lowest BCUT2D eigenvalue weighted by molar-refractivity contribution is -0.137. The topological polar surface area (TPSA) is 124 Å². The number of hydrogen-bond acceptors (Lipinski definition) is 6. The normalized spacial score (nSPS) is 13.0. The number of nitrogens with one attached hydrogen (secondary N) is 3. The molecule has 4 N–H and O–H groups in total. The molecule has 0 spiro atoms. The number of benzene rings is 1. The number of phenols is 1. The average molecular weight is 554 g/mol.